The van der Waals surface area contributed by atoms with Gasteiger partial charge in [0.2, 0.25) is 0 Å². The van der Waals surface area contributed by atoms with Crippen LogP contribution in [0.2, 0.25) is 0 Å². The van der Waals surface area contributed by atoms with Crippen molar-refractivity contribution in [3.8, 4) is 5.75 Å². The highest BCUT2D eigenvalue weighted by molar-refractivity contribution is 9.11. The Morgan fingerprint density at radius 1 is 1.13 bits per heavy atom. The minimum atomic E-state index is 0.338. The van der Waals surface area contributed by atoms with Gasteiger partial charge in [0.1, 0.15) is 12.4 Å². The number of benzene rings is 2. The van der Waals surface area contributed by atoms with Gasteiger partial charge in [-0.05, 0) is 75.4 Å². The monoisotopic (exact) mass is 437 g/mol. The van der Waals surface area contributed by atoms with Gasteiger partial charge in [-0.15, -0.1) is 0 Å². The molecule has 0 N–H and O–H groups in total. The second-order valence-electron chi connectivity index (χ2n) is 5.62. The summed E-state index contributed by atoms with van der Waals surface area (Å²) in [5.74, 6) is 0.811. The summed E-state index contributed by atoms with van der Waals surface area (Å²) < 4.78 is 7.80. The Morgan fingerprint density at radius 3 is 2.30 bits per heavy atom. The van der Waals surface area contributed by atoms with Gasteiger partial charge in [-0.25, -0.2) is 0 Å². The first-order valence-corrected chi connectivity index (χ1v) is 9.28. The van der Waals surface area contributed by atoms with Crippen LogP contribution in [0.15, 0.2) is 50.3 Å². The summed E-state index contributed by atoms with van der Waals surface area (Å²) in [6.07, 6.45) is 2.95. The van der Waals surface area contributed by atoms with E-state index in [9.17, 15) is 0 Å². The quantitative estimate of drug-likeness (QED) is 0.483. The summed E-state index contributed by atoms with van der Waals surface area (Å²) in [7, 11) is 0. The Bertz CT molecular complexity index is 657. The lowest BCUT2D eigenvalue weighted by Gasteiger charge is -2.12. The third-order valence-corrected chi connectivity index (χ3v) is 4.77. The van der Waals surface area contributed by atoms with Crippen LogP contribution in [0.25, 0.3) is 0 Å². The fourth-order valence-electron chi connectivity index (χ4n) is 1.95. The first kappa shape index (κ1) is 18.2. The first-order valence-electron chi connectivity index (χ1n) is 7.70. The molecule has 0 saturated heterocycles. The maximum atomic E-state index is 5.96. The van der Waals surface area contributed by atoms with Crippen LogP contribution >= 0.6 is 31.9 Å². The van der Waals surface area contributed by atoms with Crippen LogP contribution < -0.4 is 4.74 Å². The molecule has 2 nitrogen and oxygen atoms in total. The number of nitrogens with zero attached hydrogens (tertiary/aromatic N) is 1. The molecule has 122 valence electrons. The lowest BCUT2D eigenvalue weighted by molar-refractivity contribution is 0.302. The molecule has 2 aromatic carbocycles. The Labute approximate surface area is 155 Å². The van der Waals surface area contributed by atoms with E-state index in [0.29, 0.717) is 12.6 Å². The van der Waals surface area contributed by atoms with Crippen molar-refractivity contribution in [2.45, 2.75) is 39.8 Å². The molecule has 0 aliphatic carbocycles. The molecular weight excluding hydrogens is 418 g/mol. The number of aryl methyl sites for hydroxylation is 1. The highest BCUT2D eigenvalue weighted by Crippen LogP contribution is 2.35. The normalized spacial score (nSPS) is 12.6. The number of ether oxygens (including phenoxy) is 1. The number of aliphatic imine (C=N–C) groups is 1. The standard InChI is InChI=1S/C19H21Br2NO/c1-4-14(3)22-11-16-9-17(20)19(18(21)10-16)23-12-15-7-5-13(2)6-8-15/h5-11,14H,4,12H2,1-3H3/b22-11+. The zero-order valence-electron chi connectivity index (χ0n) is 13.6. The molecule has 0 bridgehead atoms. The maximum Gasteiger partial charge on any atom is 0.148 e. The van der Waals surface area contributed by atoms with E-state index < -0.39 is 0 Å². The summed E-state index contributed by atoms with van der Waals surface area (Å²) in [5, 5.41) is 0. The van der Waals surface area contributed by atoms with E-state index in [1.165, 1.54) is 5.56 Å². The molecule has 0 aromatic heterocycles. The lowest BCUT2D eigenvalue weighted by Crippen LogP contribution is -1.99. The maximum absolute atomic E-state index is 5.96. The fourth-order valence-corrected chi connectivity index (χ4v) is 3.40. The van der Waals surface area contributed by atoms with E-state index in [-0.39, 0.29) is 0 Å². The Morgan fingerprint density at radius 2 is 1.74 bits per heavy atom. The van der Waals surface area contributed by atoms with Crippen LogP contribution in [0.3, 0.4) is 0 Å². The van der Waals surface area contributed by atoms with E-state index in [1.54, 1.807) is 0 Å². The smallest absolute Gasteiger partial charge is 0.148 e. The van der Waals surface area contributed by atoms with E-state index in [4.69, 9.17) is 4.74 Å². The largest absolute Gasteiger partial charge is 0.487 e. The van der Waals surface area contributed by atoms with Crippen molar-refractivity contribution < 1.29 is 4.74 Å². The lowest BCUT2D eigenvalue weighted by atomic mass is 10.2. The Balaban J connectivity index is 2.10. The molecular formula is C19H21Br2NO. The summed E-state index contributed by atoms with van der Waals surface area (Å²) in [6, 6.07) is 12.8. The van der Waals surface area contributed by atoms with Crippen LogP contribution in [0.1, 0.15) is 37.0 Å². The molecule has 2 aromatic rings. The average molecular weight is 439 g/mol. The molecule has 4 heteroatoms. The van der Waals surface area contributed by atoms with Gasteiger partial charge in [0.15, 0.2) is 0 Å². The van der Waals surface area contributed by atoms with Crippen molar-refractivity contribution in [1.29, 1.82) is 0 Å². The molecule has 0 saturated carbocycles. The predicted octanol–water partition coefficient (Wildman–Crippen LogP) is 6.32. The van der Waals surface area contributed by atoms with E-state index in [1.807, 2.05) is 18.3 Å². The number of hydrogen-bond acceptors (Lipinski definition) is 2. The minimum Gasteiger partial charge on any atom is -0.487 e. The van der Waals surface area contributed by atoms with Crippen LogP contribution in [0, 0.1) is 6.92 Å². The van der Waals surface area contributed by atoms with Crippen molar-refractivity contribution in [1.82, 2.24) is 0 Å². The van der Waals surface area contributed by atoms with Gasteiger partial charge in [-0.2, -0.15) is 0 Å². The molecule has 1 unspecified atom stereocenters. The molecule has 2 rings (SSSR count). The summed E-state index contributed by atoms with van der Waals surface area (Å²) in [4.78, 5) is 4.52. The van der Waals surface area contributed by atoms with Crippen LogP contribution in [0.4, 0.5) is 0 Å². The van der Waals surface area contributed by atoms with Crippen LogP contribution in [-0.2, 0) is 6.61 Å². The molecule has 0 aliphatic rings. The van der Waals surface area contributed by atoms with Gasteiger partial charge in [-0.3, -0.25) is 4.99 Å². The zero-order valence-corrected chi connectivity index (χ0v) is 16.8. The summed E-state index contributed by atoms with van der Waals surface area (Å²) in [6.45, 7) is 6.87. The minimum absolute atomic E-state index is 0.338. The molecule has 1 atom stereocenters. The molecule has 0 heterocycles. The third kappa shape index (κ3) is 5.47. The second-order valence-corrected chi connectivity index (χ2v) is 7.33. The van der Waals surface area contributed by atoms with E-state index >= 15 is 0 Å². The van der Waals surface area contributed by atoms with Gasteiger partial charge in [-0.1, -0.05) is 36.8 Å². The molecule has 0 amide bonds. The first-order chi connectivity index (χ1) is 11.0. The fraction of sp³-hybridized carbons (Fsp3) is 0.316. The topological polar surface area (TPSA) is 21.6 Å². The number of hydrogen-bond donors (Lipinski definition) is 0. The highest BCUT2D eigenvalue weighted by atomic mass is 79.9. The van der Waals surface area contributed by atoms with Crippen molar-refractivity contribution in [3.05, 3.63) is 62.0 Å². The molecule has 0 radical (unpaired) electrons. The SMILES string of the molecule is CCC(C)/N=C/c1cc(Br)c(OCc2ccc(C)cc2)c(Br)c1. The van der Waals surface area contributed by atoms with Gasteiger partial charge in [0.05, 0.1) is 8.95 Å². The number of halogens is 2. The zero-order chi connectivity index (χ0) is 16.8. The molecule has 0 aliphatic heterocycles. The Kier molecular flexibility index (Phi) is 6.85. The third-order valence-electron chi connectivity index (χ3n) is 3.59. The molecule has 0 spiro atoms. The van der Waals surface area contributed by atoms with Crippen molar-refractivity contribution in [2.24, 2.45) is 4.99 Å². The van der Waals surface area contributed by atoms with Gasteiger partial charge in [0.25, 0.3) is 0 Å². The molecule has 0 fully saturated rings. The molecule has 23 heavy (non-hydrogen) atoms. The van der Waals surface area contributed by atoms with E-state index in [0.717, 1.165) is 32.2 Å². The van der Waals surface area contributed by atoms with Crippen molar-refractivity contribution in [2.75, 3.05) is 0 Å². The number of rotatable bonds is 6. The average Bonchev–Trinajstić information content (AvgIpc) is 2.53. The van der Waals surface area contributed by atoms with Gasteiger partial charge >= 0.3 is 0 Å². The van der Waals surface area contributed by atoms with Crippen LogP contribution in [0.5, 0.6) is 5.75 Å². The van der Waals surface area contributed by atoms with Crippen LogP contribution in [-0.4, -0.2) is 12.3 Å². The van der Waals surface area contributed by atoms with Gasteiger partial charge in [0, 0.05) is 12.3 Å². The summed E-state index contributed by atoms with van der Waals surface area (Å²) >= 11 is 7.18. The van der Waals surface area contributed by atoms with Crippen molar-refractivity contribution in [3.63, 3.8) is 0 Å². The van der Waals surface area contributed by atoms with Crippen molar-refractivity contribution >= 4 is 38.1 Å². The Hall–Kier alpha value is -1.13. The second kappa shape index (κ2) is 8.65. The summed E-state index contributed by atoms with van der Waals surface area (Å²) in [5.41, 5.74) is 3.45. The highest BCUT2D eigenvalue weighted by Gasteiger charge is 2.09. The van der Waals surface area contributed by atoms with Gasteiger partial charge < -0.3 is 4.74 Å². The van der Waals surface area contributed by atoms with E-state index in [2.05, 4.69) is 81.9 Å². The predicted molar refractivity (Wildman–Crippen MR) is 105 cm³/mol.